The van der Waals surface area contributed by atoms with Crippen LogP contribution in [0.2, 0.25) is 0 Å². The molecule has 3 amide bonds. The summed E-state index contributed by atoms with van der Waals surface area (Å²) in [6.45, 7) is 0.00836. The Balaban J connectivity index is 1.55. The van der Waals surface area contributed by atoms with Gasteiger partial charge in [-0.15, -0.1) is 0 Å². The van der Waals surface area contributed by atoms with Crippen LogP contribution in [0, 0.1) is 0 Å². The Hall–Kier alpha value is -3.20. The van der Waals surface area contributed by atoms with Gasteiger partial charge in [0.05, 0.1) is 41.9 Å². The number of imide groups is 1. The van der Waals surface area contributed by atoms with E-state index in [4.69, 9.17) is 4.74 Å². The van der Waals surface area contributed by atoms with Crippen molar-refractivity contribution in [1.29, 1.82) is 0 Å². The Bertz CT molecular complexity index is 1120. The van der Waals surface area contributed by atoms with Crippen molar-refractivity contribution in [2.24, 2.45) is 0 Å². The van der Waals surface area contributed by atoms with Gasteiger partial charge in [0.15, 0.2) is 9.84 Å². The molecule has 2 heterocycles. The maximum atomic E-state index is 12.8. The van der Waals surface area contributed by atoms with Gasteiger partial charge < -0.3 is 10.1 Å². The molecule has 2 aromatic carbocycles. The van der Waals surface area contributed by atoms with E-state index in [-0.39, 0.29) is 35.4 Å². The van der Waals surface area contributed by atoms with Gasteiger partial charge in [-0.3, -0.25) is 19.3 Å². The number of hydrogen-bond acceptors (Lipinski definition) is 6. The van der Waals surface area contributed by atoms with Crippen molar-refractivity contribution in [1.82, 2.24) is 10.2 Å². The number of carbonyl (C=O) groups is 3. The molecule has 156 valence electrons. The number of nitrogens with one attached hydrogen (secondary N) is 1. The van der Waals surface area contributed by atoms with Gasteiger partial charge in [-0.1, -0.05) is 18.2 Å². The van der Waals surface area contributed by atoms with Crippen molar-refractivity contribution >= 4 is 27.6 Å². The summed E-state index contributed by atoms with van der Waals surface area (Å²) in [5.74, 6) is -0.940. The van der Waals surface area contributed by atoms with Gasteiger partial charge in [0, 0.05) is 6.04 Å². The van der Waals surface area contributed by atoms with E-state index in [1.54, 1.807) is 42.5 Å². The SMILES string of the molecule is COc1ccc(CN2C(=O)c3ccccc3C2=O)cc1C(=O)N[C@@H]1CCS(=O)(=O)C1. The lowest BCUT2D eigenvalue weighted by Crippen LogP contribution is -2.36. The fourth-order valence-corrected chi connectivity index (χ4v) is 5.44. The number of sulfone groups is 1. The minimum absolute atomic E-state index is 0.00836. The molecule has 0 aliphatic carbocycles. The molecule has 1 fully saturated rings. The van der Waals surface area contributed by atoms with E-state index >= 15 is 0 Å². The van der Waals surface area contributed by atoms with E-state index < -0.39 is 21.8 Å². The quantitative estimate of drug-likeness (QED) is 0.721. The van der Waals surface area contributed by atoms with E-state index in [1.165, 1.54) is 7.11 Å². The third kappa shape index (κ3) is 3.68. The smallest absolute Gasteiger partial charge is 0.261 e. The van der Waals surface area contributed by atoms with Crippen LogP contribution in [0.15, 0.2) is 42.5 Å². The molecule has 0 aromatic heterocycles. The second-order valence-electron chi connectivity index (χ2n) is 7.35. The van der Waals surface area contributed by atoms with Gasteiger partial charge in [-0.05, 0) is 36.2 Å². The van der Waals surface area contributed by atoms with Crippen molar-refractivity contribution in [3.63, 3.8) is 0 Å². The minimum Gasteiger partial charge on any atom is -0.496 e. The summed E-state index contributed by atoms with van der Waals surface area (Å²) in [6.07, 6.45) is 0.366. The zero-order valence-electron chi connectivity index (χ0n) is 16.3. The van der Waals surface area contributed by atoms with Crippen LogP contribution in [0.1, 0.15) is 43.1 Å². The number of rotatable bonds is 5. The highest BCUT2D eigenvalue weighted by Crippen LogP contribution is 2.26. The molecule has 2 aliphatic rings. The fraction of sp³-hybridized carbons (Fsp3) is 0.286. The standard InChI is InChI=1S/C21H20N2O6S/c1-29-18-7-6-13(10-17(18)19(24)22-14-8-9-30(27,28)12-14)11-23-20(25)15-4-2-3-5-16(15)21(23)26/h2-7,10,14H,8-9,11-12H2,1H3,(H,22,24)/t14-/m1/s1. The molecule has 0 radical (unpaired) electrons. The zero-order valence-corrected chi connectivity index (χ0v) is 17.1. The molecule has 4 rings (SSSR count). The van der Waals surface area contributed by atoms with Gasteiger partial charge in [-0.2, -0.15) is 0 Å². The number of benzene rings is 2. The maximum Gasteiger partial charge on any atom is 0.261 e. The Morgan fingerprint density at radius 1 is 1.13 bits per heavy atom. The van der Waals surface area contributed by atoms with Crippen molar-refractivity contribution in [3.05, 3.63) is 64.7 Å². The number of methoxy groups -OCH3 is 1. The Kier molecular flexibility index (Phi) is 5.07. The lowest BCUT2D eigenvalue weighted by molar-refractivity contribution is 0.0642. The summed E-state index contributed by atoms with van der Waals surface area (Å²) in [5, 5.41) is 2.73. The van der Waals surface area contributed by atoms with E-state index in [9.17, 15) is 22.8 Å². The minimum atomic E-state index is -3.13. The third-order valence-corrected chi connectivity index (χ3v) is 7.06. The van der Waals surface area contributed by atoms with Crippen LogP contribution in [-0.2, 0) is 16.4 Å². The first-order chi connectivity index (χ1) is 14.3. The van der Waals surface area contributed by atoms with Crippen LogP contribution in [0.25, 0.3) is 0 Å². The second kappa shape index (κ2) is 7.56. The lowest BCUT2D eigenvalue weighted by atomic mass is 10.1. The molecule has 0 saturated carbocycles. The molecular weight excluding hydrogens is 408 g/mol. The lowest BCUT2D eigenvalue weighted by Gasteiger charge is -2.17. The predicted octanol–water partition coefficient (Wildman–Crippen LogP) is 1.41. The highest BCUT2D eigenvalue weighted by Gasteiger charge is 2.35. The number of amides is 3. The van der Waals surface area contributed by atoms with Gasteiger partial charge in [0.1, 0.15) is 5.75 Å². The van der Waals surface area contributed by atoms with E-state index in [2.05, 4.69) is 5.32 Å². The number of carbonyl (C=O) groups excluding carboxylic acids is 3. The van der Waals surface area contributed by atoms with Crippen LogP contribution in [0.3, 0.4) is 0 Å². The molecule has 1 atom stereocenters. The van der Waals surface area contributed by atoms with E-state index in [0.29, 0.717) is 28.9 Å². The van der Waals surface area contributed by atoms with Gasteiger partial charge in [-0.25, -0.2) is 8.42 Å². The number of ether oxygens (including phenoxy) is 1. The molecule has 0 unspecified atom stereocenters. The van der Waals surface area contributed by atoms with Crippen molar-refractivity contribution in [2.45, 2.75) is 19.0 Å². The molecule has 2 aromatic rings. The number of hydrogen-bond donors (Lipinski definition) is 1. The van der Waals surface area contributed by atoms with Crippen LogP contribution in [0.4, 0.5) is 0 Å². The molecule has 1 saturated heterocycles. The third-order valence-electron chi connectivity index (χ3n) is 5.30. The average Bonchev–Trinajstić information content (AvgIpc) is 3.19. The fourth-order valence-electron chi connectivity index (χ4n) is 3.77. The predicted molar refractivity (Wildman–Crippen MR) is 108 cm³/mol. The summed E-state index contributed by atoms with van der Waals surface area (Å²) in [5.41, 5.74) is 1.51. The average molecular weight is 428 g/mol. The largest absolute Gasteiger partial charge is 0.496 e. The molecule has 30 heavy (non-hydrogen) atoms. The van der Waals surface area contributed by atoms with Crippen LogP contribution < -0.4 is 10.1 Å². The Morgan fingerprint density at radius 3 is 2.37 bits per heavy atom. The van der Waals surface area contributed by atoms with Gasteiger partial charge in [0.25, 0.3) is 17.7 Å². The summed E-state index contributed by atoms with van der Waals surface area (Å²) in [7, 11) is -1.70. The topological polar surface area (TPSA) is 110 Å². The Labute approximate surface area is 173 Å². The molecule has 2 aliphatic heterocycles. The first kappa shape index (κ1) is 20.1. The van der Waals surface area contributed by atoms with E-state index in [0.717, 1.165) is 4.90 Å². The van der Waals surface area contributed by atoms with E-state index in [1.807, 2.05) is 0 Å². The second-order valence-corrected chi connectivity index (χ2v) is 9.58. The highest BCUT2D eigenvalue weighted by molar-refractivity contribution is 7.91. The van der Waals surface area contributed by atoms with Crippen LogP contribution >= 0.6 is 0 Å². The van der Waals surface area contributed by atoms with Crippen molar-refractivity contribution < 1.29 is 27.5 Å². The van der Waals surface area contributed by atoms with Gasteiger partial charge in [0.2, 0.25) is 0 Å². The summed E-state index contributed by atoms with van der Waals surface area (Å²) < 4.78 is 28.5. The number of nitrogens with zero attached hydrogens (tertiary/aromatic N) is 1. The normalized spacial score (nSPS) is 19.6. The summed E-state index contributed by atoms with van der Waals surface area (Å²) in [6, 6.07) is 11.0. The molecule has 8 nitrogen and oxygen atoms in total. The molecule has 0 bridgehead atoms. The molecular formula is C21H20N2O6S. The summed E-state index contributed by atoms with van der Waals surface area (Å²) >= 11 is 0. The Morgan fingerprint density at radius 2 is 1.80 bits per heavy atom. The zero-order chi connectivity index (χ0) is 21.5. The van der Waals surface area contributed by atoms with Crippen LogP contribution in [-0.4, -0.2) is 55.7 Å². The number of fused-ring (bicyclic) bond motifs is 1. The molecule has 9 heteroatoms. The van der Waals surface area contributed by atoms with Gasteiger partial charge >= 0.3 is 0 Å². The summed E-state index contributed by atoms with van der Waals surface area (Å²) in [4.78, 5) is 39.1. The monoisotopic (exact) mass is 428 g/mol. The van der Waals surface area contributed by atoms with Crippen LogP contribution in [0.5, 0.6) is 5.75 Å². The first-order valence-corrected chi connectivity index (χ1v) is 11.2. The molecule has 0 spiro atoms. The highest BCUT2D eigenvalue weighted by atomic mass is 32.2. The maximum absolute atomic E-state index is 12.8. The molecule has 1 N–H and O–H groups in total. The van der Waals surface area contributed by atoms with Crippen molar-refractivity contribution in [3.8, 4) is 5.75 Å². The first-order valence-electron chi connectivity index (χ1n) is 9.42. The van der Waals surface area contributed by atoms with Crippen molar-refractivity contribution in [2.75, 3.05) is 18.6 Å².